The predicted molar refractivity (Wildman–Crippen MR) is 189 cm³/mol. The summed E-state index contributed by atoms with van der Waals surface area (Å²) in [4.78, 5) is 12.8. The van der Waals surface area contributed by atoms with Gasteiger partial charge in [-0.25, -0.2) is 0 Å². The van der Waals surface area contributed by atoms with E-state index < -0.39 is 49.5 Å². The van der Waals surface area contributed by atoms with Crippen LogP contribution in [0.3, 0.4) is 0 Å². The maximum Gasteiger partial charge on any atom is 0.220 e. The molecule has 1 amide bonds. The van der Waals surface area contributed by atoms with E-state index in [0.29, 0.717) is 6.42 Å². The topological polar surface area (TPSA) is 149 Å². The molecule has 278 valence electrons. The van der Waals surface area contributed by atoms with Crippen molar-refractivity contribution in [1.82, 2.24) is 5.32 Å². The summed E-state index contributed by atoms with van der Waals surface area (Å²) in [5.41, 5.74) is 0. The van der Waals surface area contributed by atoms with Gasteiger partial charge in [0.1, 0.15) is 24.4 Å². The SMILES string of the molecule is CCCCCCCCCCC/C=C/[C@@H](O)[C@H](COC1O[C@H](CO)[C@@H](O)[C@@H](O)[C@H]1O)NC(=O)CCCCCCCCCCCCCCC. The summed E-state index contributed by atoms with van der Waals surface area (Å²) in [5, 5.41) is 53.8. The Hall–Kier alpha value is -1.07. The van der Waals surface area contributed by atoms with Crippen LogP contribution in [0, 0.1) is 0 Å². The lowest BCUT2D eigenvalue weighted by atomic mass is 9.99. The van der Waals surface area contributed by atoms with E-state index in [1.54, 1.807) is 6.08 Å². The van der Waals surface area contributed by atoms with Crippen LogP contribution in [0.15, 0.2) is 12.2 Å². The van der Waals surface area contributed by atoms with E-state index in [0.717, 1.165) is 38.5 Å². The number of allylic oxidation sites excluding steroid dienone is 1. The highest BCUT2D eigenvalue weighted by atomic mass is 16.7. The first-order valence-corrected chi connectivity index (χ1v) is 19.4. The molecule has 1 aliphatic heterocycles. The van der Waals surface area contributed by atoms with Crippen LogP contribution < -0.4 is 5.32 Å². The van der Waals surface area contributed by atoms with E-state index in [1.165, 1.54) is 109 Å². The first-order valence-electron chi connectivity index (χ1n) is 19.4. The summed E-state index contributed by atoms with van der Waals surface area (Å²) in [6, 6.07) is -0.795. The lowest BCUT2D eigenvalue weighted by molar-refractivity contribution is -0.302. The minimum absolute atomic E-state index is 0.179. The van der Waals surface area contributed by atoms with Gasteiger partial charge in [-0.15, -0.1) is 0 Å². The Morgan fingerprint density at radius 2 is 1.17 bits per heavy atom. The van der Waals surface area contributed by atoms with Crippen LogP contribution in [-0.2, 0) is 14.3 Å². The molecule has 0 spiro atoms. The van der Waals surface area contributed by atoms with Crippen LogP contribution in [-0.4, -0.2) is 87.5 Å². The van der Waals surface area contributed by atoms with Crippen molar-refractivity contribution in [3.63, 3.8) is 0 Å². The third-order valence-corrected chi connectivity index (χ3v) is 9.36. The highest BCUT2D eigenvalue weighted by molar-refractivity contribution is 5.76. The minimum Gasteiger partial charge on any atom is -0.394 e. The predicted octanol–water partition coefficient (Wildman–Crippen LogP) is 6.61. The van der Waals surface area contributed by atoms with Crippen molar-refractivity contribution in [2.45, 2.75) is 211 Å². The Bertz CT molecular complexity index is 751. The number of ether oxygens (including phenoxy) is 2. The summed E-state index contributed by atoms with van der Waals surface area (Å²) < 4.78 is 11.1. The zero-order valence-electron chi connectivity index (χ0n) is 30.0. The largest absolute Gasteiger partial charge is 0.394 e. The fraction of sp³-hybridized carbons (Fsp3) is 0.921. The number of aliphatic hydroxyl groups excluding tert-OH is 5. The van der Waals surface area contributed by atoms with E-state index in [4.69, 9.17) is 9.47 Å². The monoisotopic (exact) mass is 672 g/mol. The Balaban J connectivity index is 2.45. The normalized spacial score (nSPS) is 22.9. The van der Waals surface area contributed by atoms with E-state index in [2.05, 4.69) is 19.2 Å². The summed E-state index contributed by atoms with van der Waals surface area (Å²) >= 11 is 0. The molecule has 0 aromatic carbocycles. The van der Waals surface area contributed by atoms with Crippen LogP contribution in [0.5, 0.6) is 0 Å². The number of carbonyl (C=O) groups excluding carboxylic acids is 1. The summed E-state index contributed by atoms with van der Waals surface area (Å²) in [5.74, 6) is -0.179. The second kappa shape index (κ2) is 29.8. The van der Waals surface area contributed by atoms with Gasteiger partial charge < -0.3 is 40.3 Å². The van der Waals surface area contributed by atoms with Gasteiger partial charge in [0.25, 0.3) is 0 Å². The number of nitrogens with one attached hydrogen (secondary N) is 1. The van der Waals surface area contributed by atoms with E-state index in [-0.39, 0.29) is 12.5 Å². The molecule has 1 unspecified atom stereocenters. The molecule has 1 rings (SSSR count). The van der Waals surface area contributed by atoms with Gasteiger partial charge in [-0.3, -0.25) is 4.79 Å². The number of hydrogen-bond donors (Lipinski definition) is 6. The molecule has 0 aromatic rings. The van der Waals surface area contributed by atoms with Gasteiger partial charge in [0.15, 0.2) is 6.29 Å². The zero-order valence-corrected chi connectivity index (χ0v) is 30.0. The van der Waals surface area contributed by atoms with Crippen LogP contribution in [0.25, 0.3) is 0 Å². The van der Waals surface area contributed by atoms with Crippen molar-refractivity contribution in [3.8, 4) is 0 Å². The molecule has 9 heteroatoms. The standard InChI is InChI=1S/C38H73NO8/c1-3-5-7-9-11-13-15-16-18-20-22-24-26-28-34(42)39-31(30-46-38-37(45)36(44)35(43)33(29-40)47-38)32(41)27-25-23-21-19-17-14-12-10-8-6-4-2/h25,27,31-33,35-38,40-41,43-45H,3-24,26,28-30H2,1-2H3,(H,39,42)/b27-25+/t31-,32+,33+,35+,36+,37+,38?/m0/s1. The van der Waals surface area contributed by atoms with Gasteiger partial charge in [0, 0.05) is 6.42 Å². The van der Waals surface area contributed by atoms with Crippen LogP contribution >= 0.6 is 0 Å². The highest BCUT2D eigenvalue weighted by Crippen LogP contribution is 2.22. The Morgan fingerprint density at radius 1 is 0.702 bits per heavy atom. The molecule has 0 saturated carbocycles. The van der Waals surface area contributed by atoms with Crippen LogP contribution in [0.2, 0.25) is 0 Å². The maximum absolute atomic E-state index is 12.8. The lowest BCUT2D eigenvalue weighted by Crippen LogP contribution is -2.60. The van der Waals surface area contributed by atoms with Crippen molar-refractivity contribution >= 4 is 5.91 Å². The third kappa shape index (κ3) is 21.6. The van der Waals surface area contributed by atoms with Crippen molar-refractivity contribution in [2.75, 3.05) is 13.2 Å². The number of aliphatic hydroxyl groups is 5. The quantitative estimate of drug-likeness (QED) is 0.0357. The Morgan fingerprint density at radius 3 is 1.66 bits per heavy atom. The van der Waals surface area contributed by atoms with Crippen molar-refractivity contribution in [3.05, 3.63) is 12.2 Å². The van der Waals surface area contributed by atoms with Crippen molar-refractivity contribution in [2.24, 2.45) is 0 Å². The van der Waals surface area contributed by atoms with Gasteiger partial charge in [0.2, 0.25) is 5.91 Å². The van der Waals surface area contributed by atoms with Crippen molar-refractivity contribution < 1.29 is 39.8 Å². The molecule has 0 aromatic heterocycles. The van der Waals surface area contributed by atoms with Gasteiger partial charge in [-0.05, 0) is 19.3 Å². The van der Waals surface area contributed by atoms with Crippen molar-refractivity contribution in [1.29, 1.82) is 0 Å². The zero-order chi connectivity index (χ0) is 34.5. The lowest BCUT2D eigenvalue weighted by Gasteiger charge is -2.40. The first kappa shape index (κ1) is 44.0. The molecule has 47 heavy (non-hydrogen) atoms. The number of unbranched alkanes of at least 4 members (excludes halogenated alkanes) is 21. The molecule has 0 aliphatic carbocycles. The number of rotatable bonds is 31. The van der Waals surface area contributed by atoms with E-state index in [9.17, 15) is 30.3 Å². The number of hydrogen-bond acceptors (Lipinski definition) is 8. The minimum atomic E-state index is -1.56. The highest BCUT2D eigenvalue weighted by Gasteiger charge is 2.44. The summed E-state index contributed by atoms with van der Waals surface area (Å²) in [6.07, 6.45) is 23.9. The summed E-state index contributed by atoms with van der Waals surface area (Å²) in [6.45, 7) is 3.73. The number of amides is 1. The molecule has 1 saturated heterocycles. The van der Waals surface area contributed by atoms with Gasteiger partial charge in [-0.1, -0.05) is 154 Å². The fourth-order valence-corrected chi connectivity index (χ4v) is 6.15. The average Bonchev–Trinajstić information content (AvgIpc) is 3.07. The van der Waals surface area contributed by atoms with Gasteiger partial charge in [-0.2, -0.15) is 0 Å². The number of carbonyl (C=O) groups is 1. The summed E-state index contributed by atoms with van der Waals surface area (Å²) in [7, 11) is 0. The second-order valence-corrected chi connectivity index (χ2v) is 13.7. The van der Waals surface area contributed by atoms with Gasteiger partial charge in [0.05, 0.1) is 25.4 Å². The molecular formula is C38H73NO8. The first-order chi connectivity index (χ1) is 22.8. The van der Waals surface area contributed by atoms with Crippen LogP contribution in [0.4, 0.5) is 0 Å². The van der Waals surface area contributed by atoms with E-state index in [1.807, 2.05) is 6.08 Å². The van der Waals surface area contributed by atoms with Gasteiger partial charge >= 0.3 is 0 Å². The molecule has 0 radical (unpaired) electrons. The van der Waals surface area contributed by atoms with E-state index >= 15 is 0 Å². The third-order valence-electron chi connectivity index (χ3n) is 9.36. The fourth-order valence-electron chi connectivity index (χ4n) is 6.15. The molecule has 1 fully saturated rings. The Labute approximate surface area is 286 Å². The molecule has 1 heterocycles. The maximum atomic E-state index is 12.8. The second-order valence-electron chi connectivity index (χ2n) is 13.7. The molecule has 7 atom stereocenters. The molecule has 0 bridgehead atoms. The molecule has 6 N–H and O–H groups in total. The molecule has 9 nitrogen and oxygen atoms in total. The molecule has 1 aliphatic rings. The average molecular weight is 672 g/mol. The molecular weight excluding hydrogens is 598 g/mol. The Kier molecular flexibility index (Phi) is 27.9. The smallest absolute Gasteiger partial charge is 0.220 e. The van der Waals surface area contributed by atoms with Crippen LogP contribution in [0.1, 0.15) is 168 Å².